The van der Waals surface area contributed by atoms with Crippen LogP contribution in [0.5, 0.6) is 0 Å². The Bertz CT molecular complexity index is 1000. The zero-order chi connectivity index (χ0) is 20.6. The molecule has 1 aromatic carbocycles. The van der Waals surface area contributed by atoms with Crippen molar-refractivity contribution < 1.29 is 22.0 Å². The third-order valence-electron chi connectivity index (χ3n) is 5.40. The zero-order valence-corrected chi connectivity index (χ0v) is 17.3. The van der Waals surface area contributed by atoms with Gasteiger partial charge in [-0.3, -0.25) is 4.79 Å². The summed E-state index contributed by atoms with van der Waals surface area (Å²) in [7, 11) is -3.32. The van der Waals surface area contributed by atoms with Crippen LogP contribution in [-0.4, -0.2) is 36.8 Å². The highest BCUT2D eigenvalue weighted by atomic mass is 32.2. The highest BCUT2D eigenvalue weighted by Gasteiger charge is 2.37. The maximum atomic E-state index is 13.6. The van der Waals surface area contributed by atoms with E-state index in [4.69, 9.17) is 0 Å². The van der Waals surface area contributed by atoms with Gasteiger partial charge in [0.15, 0.2) is 15.6 Å². The SMILES string of the molecule is O=C(Cc1nccs1)/C(=C/C1C[C@@H](F)[C@@H](F)C1)c1ccc(S(=O)(=O)C2CC2)cc1. The van der Waals surface area contributed by atoms with Gasteiger partial charge in [0, 0.05) is 17.2 Å². The molecule has 2 fully saturated rings. The Hall–Kier alpha value is -1.93. The van der Waals surface area contributed by atoms with Crippen molar-refractivity contribution in [2.45, 2.75) is 54.6 Å². The van der Waals surface area contributed by atoms with E-state index in [0.717, 1.165) is 0 Å². The van der Waals surface area contributed by atoms with Gasteiger partial charge in [0.2, 0.25) is 0 Å². The maximum absolute atomic E-state index is 13.6. The van der Waals surface area contributed by atoms with E-state index in [0.29, 0.717) is 29.0 Å². The van der Waals surface area contributed by atoms with Crippen molar-refractivity contribution in [2.24, 2.45) is 5.92 Å². The van der Waals surface area contributed by atoms with Crippen LogP contribution in [0.25, 0.3) is 5.57 Å². The number of sulfone groups is 1. The topological polar surface area (TPSA) is 64.1 Å². The minimum absolute atomic E-state index is 0.0450. The monoisotopic (exact) mass is 437 g/mol. The lowest BCUT2D eigenvalue weighted by atomic mass is 9.94. The second kappa shape index (κ2) is 8.07. The maximum Gasteiger partial charge on any atom is 0.181 e. The molecule has 1 unspecified atom stereocenters. The summed E-state index contributed by atoms with van der Waals surface area (Å²) < 4.78 is 52.1. The van der Waals surface area contributed by atoms with Crippen LogP contribution in [0.1, 0.15) is 36.3 Å². The fourth-order valence-electron chi connectivity index (χ4n) is 3.66. The molecule has 4 nitrogen and oxygen atoms in total. The normalized spacial score (nSPS) is 25.3. The summed E-state index contributed by atoms with van der Waals surface area (Å²) in [6.45, 7) is 0. The van der Waals surface area contributed by atoms with Crippen molar-refractivity contribution in [1.29, 1.82) is 0 Å². The van der Waals surface area contributed by atoms with E-state index in [9.17, 15) is 22.0 Å². The number of benzene rings is 1. The first-order chi connectivity index (χ1) is 13.8. The number of hydrogen-bond acceptors (Lipinski definition) is 5. The van der Waals surface area contributed by atoms with Crippen LogP contribution in [0.2, 0.25) is 0 Å². The summed E-state index contributed by atoms with van der Waals surface area (Å²) in [6.07, 6.45) is 1.77. The first kappa shape index (κ1) is 20.3. The third-order valence-corrected chi connectivity index (χ3v) is 8.46. The molecular weight excluding hydrogens is 416 g/mol. The Morgan fingerprint density at radius 2 is 1.79 bits per heavy atom. The van der Waals surface area contributed by atoms with Gasteiger partial charge < -0.3 is 0 Å². The molecule has 2 aromatic rings. The molecule has 3 atom stereocenters. The van der Waals surface area contributed by atoms with E-state index < -0.39 is 22.2 Å². The summed E-state index contributed by atoms with van der Waals surface area (Å²) in [5.41, 5.74) is 0.917. The standard InChI is InChI=1S/C21H21F2NO3S2/c22-18-10-13(11-19(18)23)9-17(20(25)12-21-24-7-8-28-21)14-1-3-15(4-2-14)29(26,27)16-5-6-16/h1-4,7-9,13,16,18-19H,5-6,10-12H2/b17-9+/t13?,18-,19+. The fraction of sp³-hybridized carbons (Fsp3) is 0.429. The average molecular weight is 438 g/mol. The lowest BCUT2D eigenvalue weighted by molar-refractivity contribution is -0.113. The predicted octanol–water partition coefficient (Wildman–Crippen LogP) is 4.36. The second-order valence-electron chi connectivity index (χ2n) is 7.64. The van der Waals surface area contributed by atoms with Gasteiger partial charge in [0.1, 0.15) is 17.4 Å². The molecular formula is C21H21F2NO3S2. The lowest BCUT2D eigenvalue weighted by Crippen LogP contribution is -2.09. The summed E-state index contributed by atoms with van der Waals surface area (Å²) in [5, 5.41) is 2.13. The summed E-state index contributed by atoms with van der Waals surface area (Å²) >= 11 is 1.36. The highest BCUT2D eigenvalue weighted by molar-refractivity contribution is 7.92. The van der Waals surface area contributed by atoms with Crippen LogP contribution in [0.3, 0.4) is 0 Å². The Balaban J connectivity index is 1.63. The predicted molar refractivity (Wildman–Crippen MR) is 108 cm³/mol. The number of ketones is 1. The van der Waals surface area contributed by atoms with E-state index in [1.165, 1.54) is 23.5 Å². The number of carbonyl (C=O) groups excluding carboxylic acids is 1. The first-order valence-corrected chi connectivity index (χ1v) is 12.0. The van der Waals surface area contributed by atoms with E-state index in [1.54, 1.807) is 29.8 Å². The Morgan fingerprint density at radius 1 is 1.14 bits per heavy atom. The zero-order valence-electron chi connectivity index (χ0n) is 15.6. The van der Waals surface area contributed by atoms with Crippen LogP contribution in [0, 0.1) is 5.92 Å². The number of aromatic nitrogens is 1. The number of carbonyl (C=O) groups is 1. The molecule has 4 rings (SSSR count). The number of alkyl halides is 2. The fourth-order valence-corrected chi connectivity index (χ4v) is 5.93. The van der Waals surface area contributed by atoms with Crippen molar-refractivity contribution >= 4 is 32.5 Å². The largest absolute Gasteiger partial charge is 0.294 e. The summed E-state index contributed by atoms with van der Waals surface area (Å²) in [6, 6.07) is 6.24. The molecule has 8 heteroatoms. The molecule has 2 saturated carbocycles. The highest BCUT2D eigenvalue weighted by Crippen LogP contribution is 2.36. The summed E-state index contributed by atoms with van der Waals surface area (Å²) in [4.78, 5) is 17.3. The van der Waals surface area contributed by atoms with Gasteiger partial charge in [-0.15, -0.1) is 11.3 Å². The van der Waals surface area contributed by atoms with Crippen molar-refractivity contribution in [3.8, 4) is 0 Å². The van der Waals surface area contributed by atoms with Gasteiger partial charge in [-0.2, -0.15) is 0 Å². The number of nitrogens with zero attached hydrogens (tertiary/aromatic N) is 1. The molecule has 0 amide bonds. The van der Waals surface area contributed by atoms with Crippen molar-refractivity contribution in [3.05, 3.63) is 52.5 Å². The average Bonchev–Trinajstić information content (AvgIpc) is 3.36. The van der Waals surface area contributed by atoms with Crippen LogP contribution in [0.4, 0.5) is 8.78 Å². The van der Waals surface area contributed by atoms with Crippen molar-refractivity contribution in [2.75, 3.05) is 0 Å². The van der Waals surface area contributed by atoms with Crippen LogP contribution in [0.15, 0.2) is 46.8 Å². The Morgan fingerprint density at radius 3 is 2.34 bits per heavy atom. The number of hydrogen-bond donors (Lipinski definition) is 0. The number of rotatable bonds is 7. The number of thiazole rings is 1. The molecule has 0 saturated heterocycles. The van der Waals surface area contributed by atoms with E-state index in [1.807, 2.05) is 0 Å². The quantitative estimate of drug-likeness (QED) is 0.604. The van der Waals surface area contributed by atoms with E-state index >= 15 is 0 Å². The molecule has 2 aliphatic rings. The third kappa shape index (κ3) is 4.48. The minimum Gasteiger partial charge on any atom is -0.294 e. The van der Waals surface area contributed by atoms with Gasteiger partial charge in [-0.05, 0) is 49.3 Å². The van der Waals surface area contributed by atoms with Gasteiger partial charge in [-0.25, -0.2) is 22.2 Å². The molecule has 154 valence electrons. The first-order valence-electron chi connectivity index (χ1n) is 9.60. The molecule has 0 bridgehead atoms. The van der Waals surface area contributed by atoms with Gasteiger partial charge >= 0.3 is 0 Å². The molecule has 1 aromatic heterocycles. The van der Waals surface area contributed by atoms with Crippen LogP contribution in [-0.2, 0) is 21.1 Å². The van der Waals surface area contributed by atoms with Crippen molar-refractivity contribution in [1.82, 2.24) is 4.98 Å². The molecule has 0 N–H and O–H groups in total. The van der Waals surface area contributed by atoms with Crippen LogP contribution >= 0.6 is 11.3 Å². The molecule has 0 aliphatic heterocycles. The van der Waals surface area contributed by atoms with Crippen molar-refractivity contribution in [3.63, 3.8) is 0 Å². The van der Waals surface area contributed by atoms with E-state index in [-0.39, 0.29) is 41.1 Å². The van der Waals surface area contributed by atoms with Gasteiger partial charge in [-0.1, -0.05) is 18.2 Å². The smallest absolute Gasteiger partial charge is 0.181 e. The number of Topliss-reactive ketones (excluding diaryl/α,β-unsaturated/α-hetero) is 1. The Labute approximate surface area is 172 Å². The minimum atomic E-state index is -3.32. The number of allylic oxidation sites excluding steroid dienone is 2. The second-order valence-corrected chi connectivity index (χ2v) is 10.8. The Kier molecular flexibility index (Phi) is 5.66. The van der Waals surface area contributed by atoms with Gasteiger partial charge in [0.25, 0.3) is 0 Å². The van der Waals surface area contributed by atoms with E-state index in [2.05, 4.69) is 4.98 Å². The molecule has 1 heterocycles. The summed E-state index contributed by atoms with van der Waals surface area (Å²) in [5.74, 6) is -0.569. The lowest BCUT2D eigenvalue weighted by Gasteiger charge is -2.11. The number of halogens is 2. The van der Waals surface area contributed by atoms with Crippen LogP contribution < -0.4 is 0 Å². The van der Waals surface area contributed by atoms with Gasteiger partial charge in [0.05, 0.1) is 16.6 Å². The molecule has 0 spiro atoms. The molecule has 29 heavy (non-hydrogen) atoms. The molecule has 0 radical (unpaired) electrons. The molecule has 2 aliphatic carbocycles.